The van der Waals surface area contributed by atoms with E-state index in [0.29, 0.717) is 6.07 Å². The van der Waals surface area contributed by atoms with Crippen molar-refractivity contribution in [3.05, 3.63) is 17.7 Å². The normalized spacial score (nSPS) is 11.3. The Kier molecular flexibility index (Phi) is 5.95. The van der Waals surface area contributed by atoms with E-state index in [-0.39, 0.29) is 17.9 Å². The number of hydrogen-bond donors (Lipinski definition) is 5. The van der Waals surface area contributed by atoms with Gasteiger partial charge in [0.1, 0.15) is 15.5 Å². The van der Waals surface area contributed by atoms with Crippen LogP contribution in [0.5, 0.6) is 5.75 Å². The monoisotopic (exact) mass is 302 g/mol. The summed E-state index contributed by atoms with van der Waals surface area (Å²) in [5, 5.41) is 9.36. The third-order valence-electron chi connectivity index (χ3n) is 1.90. The molecular formula is C7H14N2O7S2. The van der Waals surface area contributed by atoms with Gasteiger partial charge in [0.15, 0.2) is 0 Å². The minimum Gasteiger partial charge on any atom is -0.506 e. The maximum absolute atomic E-state index is 10.8. The molecular weight excluding hydrogens is 288 g/mol. The average Bonchev–Trinajstić information content (AvgIpc) is 2.05. The molecule has 9 nitrogen and oxygen atoms in total. The molecule has 11 heteroatoms. The highest BCUT2D eigenvalue weighted by molar-refractivity contribution is 7.86. The third kappa shape index (κ3) is 3.63. The molecule has 0 atom stereocenters. The zero-order valence-corrected chi connectivity index (χ0v) is 11.0. The van der Waals surface area contributed by atoms with Crippen LogP contribution in [0.3, 0.4) is 0 Å². The van der Waals surface area contributed by atoms with E-state index in [4.69, 9.17) is 9.11 Å². The Hall–Kier alpha value is -1.24. The van der Waals surface area contributed by atoms with Crippen LogP contribution in [0, 0.1) is 6.92 Å². The summed E-state index contributed by atoms with van der Waals surface area (Å²) in [6.45, 7) is 1.09. The summed E-state index contributed by atoms with van der Waals surface area (Å²) in [5.41, 5.74) is -0.363. The number of aromatic hydroxyl groups is 1. The van der Waals surface area contributed by atoms with Crippen LogP contribution in [-0.2, 0) is 20.2 Å². The van der Waals surface area contributed by atoms with E-state index in [1.807, 2.05) is 0 Å². The van der Waals surface area contributed by atoms with Crippen LogP contribution >= 0.6 is 0 Å². The number of rotatable bonds is 2. The summed E-state index contributed by atoms with van der Waals surface area (Å²) in [4.78, 5) is -1.45. The van der Waals surface area contributed by atoms with Crippen molar-refractivity contribution in [2.24, 2.45) is 0 Å². The Balaban J connectivity index is 0. The highest BCUT2D eigenvalue weighted by Gasteiger charge is 2.23. The zero-order chi connectivity index (χ0) is 12.7. The van der Waals surface area contributed by atoms with Crippen molar-refractivity contribution in [1.29, 1.82) is 0 Å². The molecule has 0 radical (unpaired) electrons. The lowest BCUT2D eigenvalue weighted by molar-refractivity contribution is 0.435. The number of phenolic OH excluding ortho intramolecular Hbond substituents is 1. The van der Waals surface area contributed by atoms with Gasteiger partial charge in [-0.3, -0.25) is 9.11 Å². The molecule has 0 saturated carbocycles. The molecule has 1 aromatic carbocycles. The second kappa shape index (κ2) is 5.60. The summed E-state index contributed by atoms with van der Waals surface area (Å²) in [6, 6.07) is 1.45. The fourth-order valence-electron chi connectivity index (χ4n) is 1.14. The average molecular weight is 302 g/mol. The Morgan fingerprint density at radius 2 is 1.22 bits per heavy atom. The molecule has 18 heavy (non-hydrogen) atoms. The largest absolute Gasteiger partial charge is 0.506 e. The zero-order valence-electron chi connectivity index (χ0n) is 9.36. The van der Waals surface area contributed by atoms with Crippen molar-refractivity contribution in [3.8, 4) is 5.75 Å². The van der Waals surface area contributed by atoms with Crippen LogP contribution < -0.4 is 12.3 Å². The maximum Gasteiger partial charge on any atom is 0.298 e. The van der Waals surface area contributed by atoms with Gasteiger partial charge in [-0.1, -0.05) is 0 Å². The van der Waals surface area contributed by atoms with Gasteiger partial charge in [0, 0.05) is 5.56 Å². The first-order chi connectivity index (χ1) is 7.05. The Morgan fingerprint density at radius 1 is 0.889 bits per heavy atom. The molecule has 0 aliphatic heterocycles. The molecule has 0 unspecified atom stereocenters. The first kappa shape index (κ1) is 19.1. The molecule has 0 amide bonds. The highest BCUT2D eigenvalue weighted by atomic mass is 32.2. The van der Waals surface area contributed by atoms with Crippen LogP contribution in [0.2, 0.25) is 0 Å². The molecule has 0 spiro atoms. The summed E-state index contributed by atoms with van der Waals surface area (Å²) in [7, 11) is -9.20. The van der Waals surface area contributed by atoms with Gasteiger partial charge in [0.25, 0.3) is 20.2 Å². The van der Waals surface area contributed by atoms with Gasteiger partial charge in [0.2, 0.25) is 0 Å². The molecule has 0 aliphatic carbocycles. The third-order valence-corrected chi connectivity index (χ3v) is 3.78. The van der Waals surface area contributed by atoms with Gasteiger partial charge in [-0.2, -0.15) is 16.8 Å². The van der Waals surface area contributed by atoms with Crippen LogP contribution in [0.4, 0.5) is 0 Å². The number of phenols is 1. The highest BCUT2D eigenvalue weighted by Crippen LogP contribution is 2.30. The molecule has 106 valence electrons. The van der Waals surface area contributed by atoms with E-state index in [9.17, 15) is 21.9 Å². The second-order valence-corrected chi connectivity index (χ2v) is 5.77. The standard InChI is InChI=1S/C7H8O7S2.2H3N/c1-4-5(15(9,10)11)2-3-6(7(4)8)16(12,13)14;;/h2-3,8H,1H3,(H,9,10,11)(H,12,13,14);2*1H3. The Bertz CT molecular complexity index is 579. The lowest BCUT2D eigenvalue weighted by Crippen LogP contribution is -2.05. The molecule has 0 bridgehead atoms. The fourth-order valence-corrected chi connectivity index (χ4v) is 2.51. The Labute approximate surface area is 104 Å². The molecule has 1 aromatic rings. The summed E-state index contributed by atoms with van der Waals surface area (Å²) < 4.78 is 60.5. The van der Waals surface area contributed by atoms with E-state index in [0.717, 1.165) is 13.0 Å². The molecule has 0 heterocycles. The van der Waals surface area contributed by atoms with Crippen molar-refractivity contribution in [3.63, 3.8) is 0 Å². The summed E-state index contributed by atoms with van der Waals surface area (Å²) in [6.07, 6.45) is 0. The number of hydrogen-bond acceptors (Lipinski definition) is 7. The van der Waals surface area contributed by atoms with Gasteiger partial charge in [-0.05, 0) is 19.1 Å². The van der Waals surface area contributed by atoms with Crippen molar-refractivity contribution in [1.82, 2.24) is 12.3 Å². The van der Waals surface area contributed by atoms with Crippen molar-refractivity contribution in [2.75, 3.05) is 0 Å². The predicted octanol–water partition coefficient (Wildman–Crippen LogP) is 0.518. The van der Waals surface area contributed by atoms with Gasteiger partial charge in [-0.25, -0.2) is 0 Å². The predicted molar refractivity (Wildman–Crippen MR) is 62.5 cm³/mol. The van der Waals surface area contributed by atoms with Gasteiger partial charge < -0.3 is 17.4 Å². The van der Waals surface area contributed by atoms with E-state index >= 15 is 0 Å². The van der Waals surface area contributed by atoms with Crippen LogP contribution in [0.15, 0.2) is 21.9 Å². The van der Waals surface area contributed by atoms with E-state index in [2.05, 4.69) is 0 Å². The van der Waals surface area contributed by atoms with Crippen LogP contribution in [-0.4, -0.2) is 31.0 Å². The Morgan fingerprint density at radius 3 is 1.56 bits per heavy atom. The maximum atomic E-state index is 10.8. The fraction of sp³-hybridized carbons (Fsp3) is 0.143. The minimum absolute atomic E-state index is 0. The molecule has 0 aliphatic rings. The lowest BCUT2D eigenvalue weighted by Gasteiger charge is -2.07. The molecule has 9 N–H and O–H groups in total. The van der Waals surface area contributed by atoms with Crippen LogP contribution in [0.1, 0.15) is 5.56 Å². The van der Waals surface area contributed by atoms with Crippen molar-refractivity contribution >= 4 is 20.2 Å². The molecule has 1 rings (SSSR count). The lowest BCUT2D eigenvalue weighted by atomic mass is 10.2. The smallest absolute Gasteiger partial charge is 0.298 e. The number of benzene rings is 1. The summed E-state index contributed by atoms with van der Waals surface area (Å²) >= 11 is 0. The van der Waals surface area contributed by atoms with Gasteiger partial charge in [-0.15, -0.1) is 0 Å². The van der Waals surface area contributed by atoms with Gasteiger partial charge in [0.05, 0.1) is 0 Å². The van der Waals surface area contributed by atoms with Crippen molar-refractivity contribution in [2.45, 2.75) is 16.7 Å². The molecule has 0 aromatic heterocycles. The summed E-state index contributed by atoms with van der Waals surface area (Å²) in [5.74, 6) is -0.919. The van der Waals surface area contributed by atoms with E-state index in [1.54, 1.807) is 0 Å². The van der Waals surface area contributed by atoms with Crippen molar-refractivity contribution < 1.29 is 31.0 Å². The topological polar surface area (TPSA) is 199 Å². The quantitative estimate of drug-likeness (QED) is 0.483. The molecule has 0 fully saturated rings. The minimum atomic E-state index is -4.64. The van der Waals surface area contributed by atoms with Crippen LogP contribution in [0.25, 0.3) is 0 Å². The van der Waals surface area contributed by atoms with Gasteiger partial charge >= 0.3 is 0 Å². The van der Waals surface area contributed by atoms with E-state index < -0.39 is 35.8 Å². The molecule has 0 saturated heterocycles. The SMILES string of the molecule is Cc1c(S(=O)(=O)O)ccc(S(=O)(=O)O)c1O.N.N. The van der Waals surface area contributed by atoms with E-state index in [1.165, 1.54) is 0 Å². The first-order valence-corrected chi connectivity index (χ1v) is 6.70. The second-order valence-electron chi connectivity index (χ2n) is 2.99. The first-order valence-electron chi connectivity index (χ1n) is 3.82.